The largest absolute Gasteiger partial charge is 0.487 e. The molecular weight excluding hydrogens is 378 g/mol. The number of aromatic amines is 1. The lowest BCUT2D eigenvalue weighted by Crippen LogP contribution is -2.52. The Balaban J connectivity index is 0.00000231. The zero-order valence-electron chi connectivity index (χ0n) is 17.4. The maximum absolute atomic E-state index is 13.1. The second-order valence-corrected chi connectivity index (χ2v) is 8.66. The van der Waals surface area contributed by atoms with Crippen molar-refractivity contribution in [1.82, 2.24) is 15.1 Å². The molecule has 1 N–H and O–H groups in total. The van der Waals surface area contributed by atoms with Crippen molar-refractivity contribution in [2.45, 2.75) is 50.9 Å². The fourth-order valence-electron chi connectivity index (χ4n) is 4.69. The fraction of sp³-hybridized carbons (Fsp3) is 0.417. The summed E-state index contributed by atoms with van der Waals surface area (Å²) in [7, 11) is 0. The van der Waals surface area contributed by atoms with E-state index >= 15 is 0 Å². The Hall–Kier alpha value is -2.86. The van der Waals surface area contributed by atoms with Gasteiger partial charge in [-0.3, -0.25) is 9.89 Å². The average molecular weight is 408 g/mol. The highest BCUT2D eigenvalue weighted by atomic mass is 16.5. The van der Waals surface area contributed by atoms with E-state index in [0.717, 1.165) is 41.5 Å². The van der Waals surface area contributed by atoms with E-state index in [1.807, 2.05) is 41.3 Å². The summed E-state index contributed by atoms with van der Waals surface area (Å²) >= 11 is 0. The van der Waals surface area contributed by atoms with Gasteiger partial charge < -0.3 is 14.4 Å². The summed E-state index contributed by atoms with van der Waals surface area (Å²) in [5.41, 5.74) is 2.49. The number of aromatic nitrogens is 2. The van der Waals surface area contributed by atoms with Crippen LogP contribution in [0.25, 0.3) is 10.9 Å². The van der Waals surface area contributed by atoms with Crippen LogP contribution in [0.4, 0.5) is 0 Å². The molecule has 0 saturated carbocycles. The number of hydrogen-bond acceptors (Lipinski definition) is 4. The van der Waals surface area contributed by atoms with Crippen molar-refractivity contribution in [3.05, 3.63) is 59.8 Å². The number of nitrogens with one attached hydrogen (secondary N) is 1. The van der Waals surface area contributed by atoms with Crippen LogP contribution in [-0.2, 0) is 4.74 Å². The minimum absolute atomic E-state index is 0. The molecule has 158 valence electrons. The Bertz CT molecular complexity index is 1070. The minimum Gasteiger partial charge on any atom is -0.487 e. The van der Waals surface area contributed by atoms with Crippen molar-refractivity contribution in [2.24, 2.45) is 0 Å². The molecule has 6 heteroatoms. The van der Waals surface area contributed by atoms with Crippen molar-refractivity contribution in [1.29, 1.82) is 0 Å². The van der Waals surface area contributed by atoms with E-state index in [-0.39, 0.29) is 25.1 Å². The van der Waals surface area contributed by atoms with E-state index in [0.29, 0.717) is 18.7 Å². The summed E-state index contributed by atoms with van der Waals surface area (Å²) in [4.78, 5) is 15.0. The molecule has 1 atom stereocenters. The molecule has 30 heavy (non-hydrogen) atoms. The average Bonchev–Trinajstić information content (AvgIpc) is 3.21. The Morgan fingerprint density at radius 1 is 1.27 bits per heavy atom. The van der Waals surface area contributed by atoms with Gasteiger partial charge in [0.05, 0.1) is 23.9 Å². The van der Waals surface area contributed by atoms with Crippen LogP contribution < -0.4 is 4.74 Å². The van der Waals surface area contributed by atoms with E-state index in [1.165, 1.54) is 0 Å². The number of piperidine rings is 1. The van der Waals surface area contributed by atoms with Gasteiger partial charge in [-0.1, -0.05) is 18.2 Å². The van der Waals surface area contributed by atoms with Crippen molar-refractivity contribution in [3.63, 3.8) is 0 Å². The predicted molar refractivity (Wildman–Crippen MR) is 117 cm³/mol. The molecule has 5 rings (SSSR count). The van der Waals surface area contributed by atoms with Crippen LogP contribution in [0.5, 0.6) is 5.75 Å². The second-order valence-electron chi connectivity index (χ2n) is 8.66. The molecule has 0 aliphatic carbocycles. The molecule has 2 aromatic carbocycles. The molecule has 1 fully saturated rings. The molecule has 2 aliphatic rings. The summed E-state index contributed by atoms with van der Waals surface area (Å²) in [6, 6.07) is 13.9. The number of ether oxygens (including phenoxy) is 2. The maximum Gasteiger partial charge on any atom is 0.253 e. The SMILES string of the molecule is CC(C)O[C@H]1CC2(CCN(C(=O)c3ccc4[nH]ncc4c3)CC2)Oc2ccccc21.[HH]. The monoisotopic (exact) mass is 407 g/mol. The van der Waals surface area contributed by atoms with Gasteiger partial charge in [-0.05, 0) is 38.1 Å². The fourth-order valence-corrected chi connectivity index (χ4v) is 4.69. The number of carbonyl (C=O) groups is 1. The van der Waals surface area contributed by atoms with Gasteiger partial charge in [0.25, 0.3) is 5.91 Å². The maximum atomic E-state index is 13.1. The molecule has 1 aromatic heterocycles. The molecule has 0 radical (unpaired) electrons. The number of H-pyrrole nitrogens is 1. The van der Waals surface area contributed by atoms with Crippen LogP contribution in [0.15, 0.2) is 48.7 Å². The Labute approximate surface area is 177 Å². The van der Waals surface area contributed by atoms with Crippen LogP contribution in [0.3, 0.4) is 0 Å². The number of benzene rings is 2. The lowest BCUT2D eigenvalue weighted by Gasteiger charge is -2.47. The Morgan fingerprint density at radius 2 is 2.07 bits per heavy atom. The first kappa shape index (κ1) is 19.1. The van der Waals surface area contributed by atoms with Crippen molar-refractivity contribution >= 4 is 16.8 Å². The number of rotatable bonds is 3. The van der Waals surface area contributed by atoms with E-state index in [1.54, 1.807) is 6.20 Å². The lowest BCUT2D eigenvalue weighted by atomic mass is 9.81. The second kappa shape index (κ2) is 7.43. The number of para-hydroxylation sites is 1. The van der Waals surface area contributed by atoms with Crippen molar-refractivity contribution in [2.75, 3.05) is 13.1 Å². The molecule has 2 aliphatic heterocycles. The topological polar surface area (TPSA) is 67.5 Å². The minimum atomic E-state index is -0.279. The summed E-state index contributed by atoms with van der Waals surface area (Å²) in [5, 5.41) is 7.92. The van der Waals surface area contributed by atoms with Crippen LogP contribution >= 0.6 is 0 Å². The van der Waals surface area contributed by atoms with Gasteiger partial charge in [0.15, 0.2) is 0 Å². The summed E-state index contributed by atoms with van der Waals surface area (Å²) in [6.07, 6.45) is 4.36. The number of nitrogens with zero attached hydrogens (tertiary/aromatic N) is 2. The molecule has 1 amide bonds. The van der Waals surface area contributed by atoms with Crippen LogP contribution in [0, 0.1) is 0 Å². The van der Waals surface area contributed by atoms with Gasteiger partial charge in [-0.25, -0.2) is 0 Å². The number of amides is 1. The van der Waals surface area contributed by atoms with Crippen LogP contribution in [-0.4, -0.2) is 45.8 Å². The quantitative estimate of drug-likeness (QED) is 0.681. The smallest absolute Gasteiger partial charge is 0.253 e. The molecule has 6 nitrogen and oxygen atoms in total. The van der Waals surface area contributed by atoms with Gasteiger partial charge >= 0.3 is 0 Å². The van der Waals surface area contributed by atoms with Gasteiger partial charge in [0.2, 0.25) is 0 Å². The number of likely N-dealkylation sites (tertiary alicyclic amines) is 1. The standard InChI is InChI=1S/C24H27N3O3.H2/c1-16(2)29-22-14-24(30-21-6-4-3-5-19(21)22)9-11-27(12-10-24)23(28)17-7-8-20-18(13-17)15-25-26-20;/h3-8,13,15-16,22H,9-12,14H2,1-2H3,(H,25,26);1H/t22-;/m0./s1. The first-order chi connectivity index (χ1) is 14.5. The molecule has 0 unspecified atom stereocenters. The van der Waals surface area contributed by atoms with Gasteiger partial charge in [0.1, 0.15) is 11.4 Å². The number of carbonyl (C=O) groups excluding carboxylic acids is 1. The normalized spacial score (nSPS) is 20.4. The Morgan fingerprint density at radius 3 is 2.87 bits per heavy atom. The first-order valence-electron chi connectivity index (χ1n) is 10.7. The van der Waals surface area contributed by atoms with Crippen LogP contribution in [0.2, 0.25) is 0 Å². The zero-order valence-corrected chi connectivity index (χ0v) is 17.4. The third-order valence-electron chi connectivity index (χ3n) is 6.24. The number of hydrogen-bond donors (Lipinski definition) is 1. The molecule has 0 bridgehead atoms. The van der Waals surface area contributed by atoms with E-state index in [9.17, 15) is 4.79 Å². The molecular formula is C24H29N3O3. The highest BCUT2D eigenvalue weighted by Crippen LogP contribution is 2.46. The summed E-state index contributed by atoms with van der Waals surface area (Å²) in [5.74, 6) is 0.985. The van der Waals surface area contributed by atoms with Gasteiger partial charge in [0, 0.05) is 50.3 Å². The zero-order chi connectivity index (χ0) is 20.7. The summed E-state index contributed by atoms with van der Waals surface area (Å²) < 4.78 is 12.8. The molecule has 1 saturated heterocycles. The van der Waals surface area contributed by atoms with Crippen LogP contribution in [0.1, 0.15) is 56.6 Å². The van der Waals surface area contributed by atoms with Crippen molar-refractivity contribution in [3.8, 4) is 5.75 Å². The molecule has 3 heterocycles. The lowest BCUT2D eigenvalue weighted by molar-refractivity contribution is -0.0872. The van der Waals surface area contributed by atoms with E-state index in [2.05, 4.69) is 30.1 Å². The molecule has 1 spiro atoms. The van der Waals surface area contributed by atoms with Crippen molar-refractivity contribution < 1.29 is 15.7 Å². The first-order valence-corrected chi connectivity index (χ1v) is 10.7. The highest BCUT2D eigenvalue weighted by Gasteiger charge is 2.44. The molecule has 3 aromatic rings. The third kappa shape index (κ3) is 3.45. The third-order valence-corrected chi connectivity index (χ3v) is 6.24. The van der Waals surface area contributed by atoms with Gasteiger partial charge in [-0.2, -0.15) is 5.10 Å². The number of fused-ring (bicyclic) bond motifs is 2. The van der Waals surface area contributed by atoms with E-state index < -0.39 is 0 Å². The Kier molecular flexibility index (Phi) is 4.74. The van der Waals surface area contributed by atoms with E-state index in [4.69, 9.17) is 9.47 Å². The van der Waals surface area contributed by atoms with Gasteiger partial charge in [-0.15, -0.1) is 0 Å². The summed E-state index contributed by atoms with van der Waals surface area (Å²) in [6.45, 7) is 5.50. The predicted octanol–water partition coefficient (Wildman–Crippen LogP) is 4.73. The highest BCUT2D eigenvalue weighted by molar-refractivity contribution is 5.97.